The van der Waals surface area contributed by atoms with E-state index >= 15 is 0 Å². The largest absolute Gasteiger partial charge is 0.472 e. The smallest absolute Gasteiger partial charge is 0.462 e. The Morgan fingerprint density at radius 3 is 0.701 bits per heavy atom. The number of phosphoric ester groups is 2. The molecule has 0 aromatic rings. The Labute approximate surface area is 594 Å². The Bertz CT molecular complexity index is 1870. The average Bonchev–Trinajstić information content (AvgIpc) is 1.21. The van der Waals surface area contributed by atoms with Crippen LogP contribution in [0.4, 0.5) is 0 Å². The molecule has 0 saturated carbocycles. The number of aliphatic hydroxyl groups is 1. The van der Waals surface area contributed by atoms with Crippen LogP contribution in [0.5, 0.6) is 0 Å². The topological polar surface area (TPSA) is 237 Å². The fourth-order valence-corrected chi connectivity index (χ4v) is 13.6. The monoisotopic (exact) mass is 1420 g/mol. The van der Waals surface area contributed by atoms with Crippen LogP contribution in [0.25, 0.3) is 0 Å². The summed E-state index contributed by atoms with van der Waals surface area (Å²) in [6.07, 6.45) is 58.4. The number of aliphatic hydroxyl groups excluding tert-OH is 1. The SMILES string of the molecule is CCCCCCCCCCCCCCCCCCCCC(=O)O[C@H](COC(=O)CCCCCCCCCCCCCCCCC(C)C)COP(=O)(O)OC[C@@H](O)COP(=O)(O)OC[C@@H](COC(=O)CCCCCCCCC)OC(=O)CCCCCCCCCCCCCCC(C)C. The van der Waals surface area contributed by atoms with Gasteiger partial charge >= 0.3 is 39.5 Å². The van der Waals surface area contributed by atoms with Gasteiger partial charge in [-0.1, -0.05) is 356 Å². The minimum absolute atomic E-state index is 0.107. The summed E-state index contributed by atoms with van der Waals surface area (Å²) >= 11 is 0. The van der Waals surface area contributed by atoms with E-state index in [1.807, 2.05) is 0 Å². The molecule has 0 radical (unpaired) electrons. The van der Waals surface area contributed by atoms with Crippen LogP contribution < -0.4 is 0 Å². The molecule has 19 heteroatoms. The molecule has 0 aliphatic carbocycles. The summed E-state index contributed by atoms with van der Waals surface area (Å²) in [5.74, 6) is -0.540. The highest BCUT2D eigenvalue weighted by atomic mass is 31.2. The zero-order valence-corrected chi connectivity index (χ0v) is 65.2. The van der Waals surface area contributed by atoms with Gasteiger partial charge in [0.05, 0.1) is 26.4 Å². The predicted octanol–water partition coefficient (Wildman–Crippen LogP) is 23.1. The Morgan fingerprint density at radius 1 is 0.278 bits per heavy atom. The van der Waals surface area contributed by atoms with Gasteiger partial charge in [-0.2, -0.15) is 0 Å². The van der Waals surface area contributed by atoms with E-state index in [-0.39, 0.29) is 25.7 Å². The molecule has 0 bridgehead atoms. The van der Waals surface area contributed by atoms with Crippen molar-refractivity contribution in [2.24, 2.45) is 11.8 Å². The molecule has 0 fully saturated rings. The fraction of sp³-hybridized carbons (Fsp3) is 0.949. The van der Waals surface area contributed by atoms with Crippen LogP contribution in [0.2, 0.25) is 0 Å². The lowest BCUT2D eigenvalue weighted by molar-refractivity contribution is -0.161. The Hall–Kier alpha value is -1.94. The molecular weight excluding hydrogens is 1270 g/mol. The second-order valence-corrected chi connectivity index (χ2v) is 32.0. The number of hydrogen-bond acceptors (Lipinski definition) is 15. The highest BCUT2D eigenvalue weighted by Crippen LogP contribution is 2.45. The van der Waals surface area contributed by atoms with Crippen molar-refractivity contribution in [2.45, 2.75) is 426 Å². The highest BCUT2D eigenvalue weighted by Gasteiger charge is 2.30. The van der Waals surface area contributed by atoms with Gasteiger partial charge < -0.3 is 33.8 Å². The minimum Gasteiger partial charge on any atom is -0.462 e. The van der Waals surface area contributed by atoms with Crippen LogP contribution in [0.3, 0.4) is 0 Å². The van der Waals surface area contributed by atoms with Crippen LogP contribution in [-0.4, -0.2) is 96.7 Å². The normalized spacial score (nSPS) is 14.0. The zero-order valence-electron chi connectivity index (χ0n) is 63.4. The van der Waals surface area contributed by atoms with Gasteiger partial charge in [0.2, 0.25) is 0 Å². The number of unbranched alkanes of at least 4 members (excludes halogenated alkanes) is 47. The summed E-state index contributed by atoms with van der Waals surface area (Å²) in [7, 11) is -9.91. The lowest BCUT2D eigenvalue weighted by atomic mass is 10.0. The number of ether oxygens (including phenoxy) is 4. The molecule has 0 saturated heterocycles. The molecule has 17 nitrogen and oxygen atoms in total. The quantitative estimate of drug-likeness (QED) is 0.0222. The molecule has 97 heavy (non-hydrogen) atoms. The van der Waals surface area contributed by atoms with E-state index in [9.17, 15) is 43.2 Å². The molecular formula is C78H152O17P2. The van der Waals surface area contributed by atoms with E-state index in [4.69, 9.17) is 37.0 Å². The van der Waals surface area contributed by atoms with Gasteiger partial charge in [-0.3, -0.25) is 37.3 Å². The standard InChI is InChI=1S/C78H152O17P2/c1-7-9-11-13-15-16-17-18-19-20-21-22-27-33-38-44-50-56-62-78(83)95-74(67-89-76(81)61-55-49-43-37-32-26-24-23-25-30-35-41-46-52-58-70(3)4)69-93-97(86,87)91-65-72(79)64-90-96(84,85)92-68-73(66-88-75(80)60-54-48-40-14-12-10-8-2)94-77(82)63-57-51-45-39-34-29-28-31-36-42-47-53-59-71(5)6/h70-74,79H,7-69H2,1-6H3,(H,84,85)(H,86,87)/t72-,73+,74+/m0/s1. The van der Waals surface area contributed by atoms with Gasteiger partial charge in [-0.15, -0.1) is 0 Å². The first-order valence-electron chi connectivity index (χ1n) is 40.5. The van der Waals surface area contributed by atoms with Crippen LogP contribution in [0.15, 0.2) is 0 Å². The summed E-state index contributed by atoms with van der Waals surface area (Å²) in [4.78, 5) is 72.8. The Kier molecular flexibility index (Phi) is 68.4. The fourth-order valence-electron chi connectivity index (χ4n) is 12.0. The lowest BCUT2D eigenvalue weighted by Gasteiger charge is -2.21. The van der Waals surface area contributed by atoms with E-state index in [0.29, 0.717) is 25.7 Å². The third-order valence-electron chi connectivity index (χ3n) is 18.2. The predicted molar refractivity (Wildman–Crippen MR) is 395 cm³/mol. The van der Waals surface area contributed by atoms with Crippen LogP contribution >= 0.6 is 15.6 Å². The lowest BCUT2D eigenvalue weighted by Crippen LogP contribution is -2.30. The van der Waals surface area contributed by atoms with Crippen molar-refractivity contribution in [3.63, 3.8) is 0 Å². The van der Waals surface area contributed by atoms with Crippen molar-refractivity contribution in [2.75, 3.05) is 39.6 Å². The summed E-state index contributed by atoms with van der Waals surface area (Å²) in [6.45, 7) is 9.61. The molecule has 0 heterocycles. The second kappa shape index (κ2) is 69.8. The van der Waals surface area contributed by atoms with Gasteiger partial charge in [-0.25, -0.2) is 9.13 Å². The number of hydrogen-bond donors (Lipinski definition) is 3. The van der Waals surface area contributed by atoms with Crippen LogP contribution in [0.1, 0.15) is 408 Å². The van der Waals surface area contributed by atoms with E-state index in [1.54, 1.807) is 0 Å². The number of esters is 4. The highest BCUT2D eigenvalue weighted by molar-refractivity contribution is 7.47. The molecule has 3 N–H and O–H groups in total. The first kappa shape index (κ1) is 95.1. The van der Waals surface area contributed by atoms with Crippen molar-refractivity contribution < 1.29 is 80.2 Å². The third-order valence-corrected chi connectivity index (χ3v) is 20.1. The molecule has 5 atom stereocenters. The second-order valence-electron chi connectivity index (χ2n) is 29.1. The number of carbonyl (C=O) groups is 4. The molecule has 0 aliphatic rings. The van der Waals surface area contributed by atoms with E-state index in [1.165, 1.54) is 212 Å². The van der Waals surface area contributed by atoms with Gasteiger partial charge in [-0.05, 0) is 37.5 Å². The van der Waals surface area contributed by atoms with Crippen LogP contribution in [-0.2, 0) is 65.4 Å². The average molecular weight is 1420 g/mol. The van der Waals surface area contributed by atoms with Crippen molar-refractivity contribution in [1.82, 2.24) is 0 Å². The van der Waals surface area contributed by atoms with Crippen molar-refractivity contribution in [3.05, 3.63) is 0 Å². The molecule has 0 aliphatic heterocycles. The molecule has 0 rings (SSSR count). The van der Waals surface area contributed by atoms with Crippen molar-refractivity contribution in [3.8, 4) is 0 Å². The van der Waals surface area contributed by atoms with Crippen molar-refractivity contribution in [1.29, 1.82) is 0 Å². The van der Waals surface area contributed by atoms with Gasteiger partial charge in [0.15, 0.2) is 12.2 Å². The zero-order chi connectivity index (χ0) is 71.4. The van der Waals surface area contributed by atoms with E-state index < -0.39 is 97.5 Å². The van der Waals surface area contributed by atoms with Gasteiger partial charge in [0, 0.05) is 25.7 Å². The van der Waals surface area contributed by atoms with Gasteiger partial charge in [0.1, 0.15) is 19.3 Å². The number of rotatable bonds is 77. The maximum atomic E-state index is 13.1. The molecule has 0 spiro atoms. The molecule has 2 unspecified atom stereocenters. The summed E-state index contributed by atoms with van der Waals surface area (Å²) in [5, 5.41) is 10.6. The third kappa shape index (κ3) is 72.2. The number of phosphoric acid groups is 2. The molecule has 576 valence electrons. The molecule has 0 aromatic carbocycles. The summed E-state index contributed by atoms with van der Waals surface area (Å²) < 4.78 is 68.5. The van der Waals surface area contributed by atoms with E-state index in [0.717, 1.165) is 115 Å². The maximum absolute atomic E-state index is 13.1. The Morgan fingerprint density at radius 2 is 0.474 bits per heavy atom. The minimum atomic E-state index is -4.96. The number of carbonyl (C=O) groups excluding carboxylic acids is 4. The molecule has 0 amide bonds. The van der Waals surface area contributed by atoms with Crippen molar-refractivity contribution >= 4 is 39.5 Å². The Balaban J connectivity index is 5.19. The summed E-state index contributed by atoms with van der Waals surface area (Å²) in [5.41, 5.74) is 0. The van der Waals surface area contributed by atoms with Crippen LogP contribution in [0, 0.1) is 11.8 Å². The first-order chi connectivity index (χ1) is 46.9. The summed E-state index contributed by atoms with van der Waals surface area (Å²) in [6, 6.07) is 0. The van der Waals surface area contributed by atoms with E-state index in [2.05, 4.69) is 41.5 Å². The molecule has 0 aromatic heterocycles. The first-order valence-corrected chi connectivity index (χ1v) is 43.5. The maximum Gasteiger partial charge on any atom is 0.472 e. The van der Waals surface area contributed by atoms with Gasteiger partial charge in [0.25, 0.3) is 0 Å².